The molecule has 3 aromatic heterocycles. The molecule has 6 heteroatoms. The van der Waals surface area contributed by atoms with Gasteiger partial charge in [-0.25, -0.2) is 0 Å². The van der Waals surface area contributed by atoms with Gasteiger partial charge in [0, 0.05) is 44.7 Å². The van der Waals surface area contributed by atoms with Crippen LogP contribution in [0, 0.1) is 18.3 Å². The summed E-state index contributed by atoms with van der Waals surface area (Å²) in [6, 6.07) is 12.3. The van der Waals surface area contributed by atoms with Crippen molar-refractivity contribution < 1.29 is 0 Å². The molecule has 0 radical (unpaired) electrons. The van der Waals surface area contributed by atoms with Crippen molar-refractivity contribution in [1.82, 2.24) is 15.3 Å². The molecule has 5 nitrogen and oxygen atoms in total. The number of pyridine rings is 1. The van der Waals surface area contributed by atoms with Gasteiger partial charge in [-0.3, -0.25) is 10.4 Å². The fraction of sp³-hybridized carbons (Fsp3) is 0.314. The van der Waals surface area contributed by atoms with E-state index in [0.717, 1.165) is 64.3 Å². The first-order valence-corrected chi connectivity index (χ1v) is 15.4. The van der Waals surface area contributed by atoms with Gasteiger partial charge in [0.05, 0.1) is 23.1 Å². The Labute approximate surface area is 247 Å². The zero-order valence-electron chi connectivity index (χ0n) is 24.4. The molecule has 1 aliphatic rings. The summed E-state index contributed by atoms with van der Waals surface area (Å²) in [5.74, 6) is 0.817. The second kappa shape index (κ2) is 12.8. The molecule has 1 aliphatic carbocycles. The minimum Gasteiger partial charge on any atom is -0.398 e. The highest BCUT2D eigenvalue weighted by atomic mass is 32.1. The number of thiophene rings is 1. The molecule has 1 fully saturated rings. The van der Waals surface area contributed by atoms with Gasteiger partial charge in [-0.2, -0.15) is 0 Å². The number of rotatable bonds is 11. The van der Waals surface area contributed by atoms with E-state index in [9.17, 15) is 0 Å². The molecular formula is C35H41N5S. The van der Waals surface area contributed by atoms with Crippen LogP contribution < -0.4 is 11.1 Å². The van der Waals surface area contributed by atoms with E-state index in [2.05, 4.69) is 73.0 Å². The summed E-state index contributed by atoms with van der Waals surface area (Å²) < 4.78 is 0. The molecule has 1 saturated carbocycles. The Kier molecular flexibility index (Phi) is 9.01. The number of aryl methyl sites for hydroxylation is 1. The van der Waals surface area contributed by atoms with Crippen LogP contribution in [0.15, 0.2) is 78.7 Å². The average Bonchev–Trinajstić information content (AvgIpc) is 3.72. The first-order valence-electron chi connectivity index (χ1n) is 14.5. The van der Waals surface area contributed by atoms with Crippen LogP contribution in [0.1, 0.15) is 67.6 Å². The normalized spacial score (nSPS) is 14.7. The molecule has 0 amide bonds. The molecule has 0 atom stereocenters. The van der Waals surface area contributed by atoms with E-state index in [0.29, 0.717) is 17.0 Å². The van der Waals surface area contributed by atoms with Crippen LogP contribution in [-0.2, 0) is 0 Å². The topological polar surface area (TPSA) is 90.6 Å². The zero-order valence-corrected chi connectivity index (χ0v) is 25.3. The first kappa shape index (κ1) is 28.8. The summed E-state index contributed by atoms with van der Waals surface area (Å²) in [5, 5.41) is 13.9. The number of H-pyrrole nitrogens is 1. The third-order valence-corrected chi connectivity index (χ3v) is 8.89. The number of aromatic nitrogens is 2. The maximum Gasteiger partial charge on any atom is 0.0868 e. The molecule has 0 saturated heterocycles. The number of benzene rings is 1. The summed E-state index contributed by atoms with van der Waals surface area (Å²) in [6.45, 7) is 12.4. The fourth-order valence-electron chi connectivity index (χ4n) is 5.61. The van der Waals surface area contributed by atoms with E-state index in [1.165, 1.54) is 41.0 Å². The van der Waals surface area contributed by atoms with E-state index < -0.39 is 0 Å². The number of fused-ring (bicyclic) bond motifs is 1. The molecule has 0 bridgehead atoms. The minimum atomic E-state index is 0.368. The number of hydrogen-bond acceptors (Lipinski definition) is 5. The Morgan fingerprint density at radius 2 is 1.98 bits per heavy atom. The lowest BCUT2D eigenvalue weighted by molar-refractivity contribution is 0.502. The van der Waals surface area contributed by atoms with Gasteiger partial charge in [-0.15, -0.1) is 11.3 Å². The van der Waals surface area contributed by atoms with Gasteiger partial charge >= 0.3 is 0 Å². The Morgan fingerprint density at radius 1 is 1.17 bits per heavy atom. The maximum atomic E-state index is 9.16. The van der Waals surface area contributed by atoms with Crippen LogP contribution in [0.3, 0.4) is 0 Å². The second-order valence-electron chi connectivity index (χ2n) is 11.5. The van der Waals surface area contributed by atoms with E-state index in [1.54, 1.807) is 11.3 Å². The van der Waals surface area contributed by atoms with Crippen LogP contribution in [0.25, 0.3) is 26.9 Å². The van der Waals surface area contributed by atoms with Gasteiger partial charge in [-0.05, 0) is 94.0 Å². The maximum absolute atomic E-state index is 9.16. The van der Waals surface area contributed by atoms with Gasteiger partial charge in [-0.1, -0.05) is 48.8 Å². The second-order valence-corrected chi connectivity index (χ2v) is 12.8. The summed E-state index contributed by atoms with van der Waals surface area (Å²) in [4.78, 5) is 10.3. The molecule has 5 N–H and O–H groups in total. The van der Waals surface area contributed by atoms with Crippen molar-refractivity contribution in [3.05, 3.63) is 100 Å². The molecule has 1 aromatic carbocycles. The van der Waals surface area contributed by atoms with Gasteiger partial charge in [0.2, 0.25) is 0 Å². The van der Waals surface area contributed by atoms with Crippen molar-refractivity contribution in [2.45, 2.75) is 52.9 Å². The lowest BCUT2D eigenvalue weighted by Gasteiger charge is -2.13. The van der Waals surface area contributed by atoms with E-state index >= 15 is 0 Å². The lowest BCUT2D eigenvalue weighted by atomic mass is 9.95. The Hall–Kier alpha value is -3.74. The SMILES string of the molecule is C=C(C)C/C=C(\C=C(/C)CNCC1CCCC1)c1ccc(N)c(C(=N)c2cc3c(-c4ccc(C)s4)cncc3[nH]2)c1. The molecule has 41 heavy (non-hydrogen) atoms. The average molecular weight is 564 g/mol. The molecule has 212 valence electrons. The molecule has 5 rings (SSSR count). The highest BCUT2D eigenvalue weighted by Gasteiger charge is 2.17. The number of nitrogens with zero attached hydrogens (tertiary/aromatic N) is 1. The molecule has 3 heterocycles. The van der Waals surface area contributed by atoms with Crippen molar-refractivity contribution in [1.29, 1.82) is 5.41 Å². The molecule has 0 unspecified atom stereocenters. The molecule has 0 spiro atoms. The third kappa shape index (κ3) is 6.95. The molecule has 4 aromatic rings. The van der Waals surface area contributed by atoms with Crippen LogP contribution in [0.2, 0.25) is 0 Å². The van der Waals surface area contributed by atoms with Crippen LogP contribution in [0.5, 0.6) is 0 Å². The monoisotopic (exact) mass is 563 g/mol. The zero-order chi connectivity index (χ0) is 28.9. The van der Waals surface area contributed by atoms with Crippen molar-refractivity contribution in [2.24, 2.45) is 5.92 Å². The molecule has 0 aliphatic heterocycles. The fourth-order valence-corrected chi connectivity index (χ4v) is 6.50. The van der Waals surface area contributed by atoms with Gasteiger partial charge in [0.25, 0.3) is 0 Å². The molecular weight excluding hydrogens is 522 g/mol. The van der Waals surface area contributed by atoms with Crippen molar-refractivity contribution in [3.8, 4) is 10.4 Å². The minimum absolute atomic E-state index is 0.368. The predicted octanol–water partition coefficient (Wildman–Crippen LogP) is 8.67. The predicted molar refractivity (Wildman–Crippen MR) is 177 cm³/mol. The van der Waals surface area contributed by atoms with E-state index in [1.807, 2.05) is 30.6 Å². The standard InChI is InChI=1S/C35H41N5S/c1-22(2)9-11-26(15-23(3)18-38-19-25-7-5-6-8-25)27-12-13-31(36)29(16-27)35(37)32-17-28-30(20-39-21-33(28)40-32)34-14-10-24(4)41-34/h10-17,20-21,25,37-38,40H,1,5-9,18-19,36H2,2-4H3/b23-15+,26-11+,37-35?. The van der Waals surface area contributed by atoms with Crippen LogP contribution in [-0.4, -0.2) is 28.8 Å². The van der Waals surface area contributed by atoms with Gasteiger partial charge in [0.15, 0.2) is 0 Å². The van der Waals surface area contributed by atoms with Crippen LogP contribution >= 0.6 is 11.3 Å². The number of nitrogens with two attached hydrogens (primary N) is 1. The Balaban J connectivity index is 1.43. The Bertz CT molecular complexity index is 1630. The number of allylic oxidation sites excluding steroid dienone is 4. The number of anilines is 1. The number of nitrogen functional groups attached to an aromatic ring is 1. The summed E-state index contributed by atoms with van der Waals surface area (Å²) in [5.41, 5.74) is 15.4. The lowest BCUT2D eigenvalue weighted by Crippen LogP contribution is -2.22. The number of aromatic amines is 1. The smallest absolute Gasteiger partial charge is 0.0868 e. The van der Waals surface area contributed by atoms with Gasteiger partial charge in [0.1, 0.15) is 0 Å². The van der Waals surface area contributed by atoms with Crippen molar-refractivity contribution in [2.75, 3.05) is 18.8 Å². The van der Waals surface area contributed by atoms with E-state index in [-0.39, 0.29) is 0 Å². The summed E-state index contributed by atoms with van der Waals surface area (Å²) in [6.07, 6.45) is 14.4. The number of nitrogens with one attached hydrogen (secondary N) is 3. The number of hydrogen-bond donors (Lipinski definition) is 4. The van der Waals surface area contributed by atoms with Crippen molar-refractivity contribution in [3.63, 3.8) is 0 Å². The van der Waals surface area contributed by atoms with Gasteiger partial charge < -0.3 is 16.0 Å². The highest BCUT2D eigenvalue weighted by Crippen LogP contribution is 2.34. The van der Waals surface area contributed by atoms with E-state index in [4.69, 9.17) is 11.1 Å². The summed E-state index contributed by atoms with van der Waals surface area (Å²) >= 11 is 1.75. The van der Waals surface area contributed by atoms with Crippen molar-refractivity contribution >= 4 is 39.2 Å². The highest BCUT2D eigenvalue weighted by molar-refractivity contribution is 7.15. The first-order chi connectivity index (χ1) is 19.8. The summed E-state index contributed by atoms with van der Waals surface area (Å²) in [7, 11) is 0. The third-order valence-electron chi connectivity index (χ3n) is 7.86. The van der Waals surface area contributed by atoms with Crippen LogP contribution in [0.4, 0.5) is 5.69 Å². The largest absolute Gasteiger partial charge is 0.398 e. The quantitative estimate of drug-likeness (QED) is 0.0637. The Morgan fingerprint density at radius 3 is 2.71 bits per heavy atom.